The Kier molecular flexibility index (Phi) is 3.16. The fourth-order valence-electron chi connectivity index (χ4n) is 3.89. The van der Waals surface area contributed by atoms with Crippen LogP contribution in [0.15, 0.2) is 23.8 Å². The van der Waals surface area contributed by atoms with Gasteiger partial charge in [-0.1, -0.05) is 44.5 Å². The van der Waals surface area contributed by atoms with Gasteiger partial charge in [-0.05, 0) is 48.7 Å². The van der Waals surface area contributed by atoms with E-state index in [9.17, 15) is 0 Å². The van der Waals surface area contributed by atoms with Crippen molar-refractivity contribution in [1.82, 2.24) is 0 Å². The van der Waals surface area contributed by atoms with Crippen LogP contribution in [0.1, 0.15) is 45.2 Å². The monoisotopic (exact) mass is 255 g/mol. The first-order chi connectivity index (χ1) is 9.11. The van der Waals surface area contributed by atoms with Crippen LogP contribution in [0.4, 0.5) is 5.69 Å². The predicted octanol–water partition coefficient (Wildman–Crippen LogP) is 4.74. The van der Waals surface area contributed by atoms with Gasteiger partial charge >= 0.3 is 0 Å². The van der Waals surface area contributed by atoms with E-state index < -0.39 is 0 Å². The third kappa shape index (κ3) is 1.91. The van der Waals surface area contributed by atoms with Gasteiger partial charge in [0.2, 0.25) is 0 Å². The minimum Gasteiger partial charge on any atom is -0.384 e. The van der Waals surface area contributed by atoms with Crippen molar-refractivity contribution >= 4 is 11.3 Å². The first-order valence-corrected chi connectivity index (χ1v) is 7.68. The number of para-hydroxylation sites is 1. The van der Waals surface area contributed by atoms with Gasteiger partial charge in [0.1, 0.15) is 0 Å². The Bertz CT molecular complexity index is 526. The van der Waals surface area contributed by atoms with Crippen LogP contribution in [0.5, 0.6) is 0 Å². The van der Waals surface area contributed by atoms with Crippen LogP contribution in [0.25, 0.3) is 5.57 Å². The molecule has 1 aliphatic heterocycles. The van der Waals surface area contributed by atoms with Gasteiger partial charge in [-0.2, -0.15) is 0 Å². The van der Waals surface area contributed by atoms with Crippen molar-refractivity contribution in [2.75, 3.05) is 11.9 Å². The van der Waals surface area contributed by atoms with E-state index in [1.54, 1.807) is 11.1 Å². The molecule has 0 amide bonds. The molecule has 1 aliphatic carbocycles. The third-order valence-electron chi connectivity index (χ3n) is 5.51. The van der Waals surface area contributed by atoms with Gasteiger partial charge in [-0.15, -0.1) is 0 Å². The lowest BCUT2D eigenvalue weighted by atomic mass is 9.86. The van der Waals surface area contributed by atoms with E-state index in [2.05, 4.69) is 51.2 Å². The summed E-state index contributed by atoms with van der Waals surface area (Å²) in [5.41, 5.74) is 7.59. The van der Waals surface area contributed by atoms with Gasteiger partial charge in [0, 0.05) is 17.8 Å². The number of hydrogen-bond acceptors (Lipinski definition) is 1. The molecule has 1 N–H and O–H groups in total. The van der Waals surface area contributed by atoms with Gasteiger partial charge in [0.25, 0.3) is 0 Å². The molecule has 0 spiro atoms. The largest absolute Gasteiger partial charge is 0.384 e. The average Bonchev–Trinajstić information content (AvgIpc) is 2.63. The molecule has 1 aromatic rings. The Labute approximate surface area is 117 Å². The number of rotatable bonds is 1. The van der Waals surface area contributed by atoms with Gasteiger partial charge in [0.15, 0.2) is 0 Å². The quantitative estimate of drug-likeness (QED) is 0.764. The molecule has 1 aromatic carbocycles. The summed E-state index contributed by atoms with van der Waals surface area (Å²) in [5, 5.41) is 3.64. The standard InChI is InChI=1S/C18H25N/c1-11-12(2)14(4)17(13(11)3)16-9-5-7-15-8-6-10-19-18(15)16/h5,7,9,11-13,19H,6,8,10H2,1-4H3. The van der Waals surface area contributed by atoms with Gasteiger partial charge in [0.05, 0.1) is 0 Å². The van der Waals surface area contributed by atoms with E-state index >= 15 is 0 Å². The van der Waals surface area contributed by atoms with Crippen molar-refractivity contribution in [2.24, 2.45) is 17.8 Å². The summed E-state index contributed by atoms with van der Waals surface area (Å²) in [7, 11) is 0. The maximum Gasteiger partial charge on any atom is 0.0449 e. The zero-order valence-electron chi connectivity index (χ0n) is 12.6. The summed E-state index contributed by atoms with van der Waals surface area (Å²) in [6.45, 7) is 10.6. The van der Waals surface area contributed by atoms with E-state index in [4.69, 9.17) is 0 Å². The summed E-state index contributed by atoms with van der Waals surface area (Å²) < 4.78 is 0. The maximum atomic E-state index is 3.64. The first-order valence-electron chi connectivity index (χ1n) is 7.68. The van der Waals surface area contributed by atoms with E-state index in [1.807, 2.05) is 0 Å². The van der Waals surface area contributed by atoms with Crippen molar-refractivity contribution in [1.29, 1.82) is 0 Å². The maximum absolute atomic E-state index is 3.64. The summed E-state index contributed by atoms with van der Waals surface area (Å²) >= 11 is 0. The smallest absolute Gasteiger partial charge is 0.0449 e. The molecule has 0 saturated heterocycles. The van der Waals surface area contributed by atoms with E-state index in [0.29, 0.717) is 11.8 Å². The highest BCUT2D eigenvalue weighted by Gasteiger charge is 2.34. The highest BCUT2D eigenvalue weighted by molar-refractivity contribution is 5.83. The molecule has 0 bridgehead atoms. The SMILES string of the molecule is CC1=C(c2cccc3c2NCCC3)C(C)C(C)C1C. The molecule has 0 radical (unpaired) electrons. The number of aryl methyl sites for hydroxylation is 1. The molecular formula is C18H25N. The van der Waals surface area contributed by atoms with Crippen molar-refractivity contribution in [3.8, 4) is 0 Å². The fourth-order valence-corrected chi connectivity index (χ4v) is 3.89. The molecule has 0 saturated carbocycles. The van der Waals surface area contributed by atoms with Gasteiger partial charge in [-0.25, -0.2) is 0 Å². The normalized spacial score (nSPS) is 30.2. The van der Waals surface area contributed by atoms with Crippen LogP contribution in [-0.4, -0.2) is 6.54 Å². The second kappa shape index (κ2) is 4.70. The van der Waals surface area contributed by atoms with E-state index in [-0.39, 0.29) is 0 Å². The molecule has 0 aromatic heterocycles. The Morgan fingerprint density at radius 3 is 2.58 bits per heavy atom. The zero-order valence-corrected chi connectivity index (χ0v) is 12.6. The Morgan fingerprint density at radius 1 is 1.11 bits per heavy atom. The first kappa shape index (κ1) is 12.8. The molecule has 3 atom stereocenters. The van der Waals surface area contributed by atoms with E-state index in [0.717, 1.165) is 12.5 Å². The van der Waals surface area contributed by atoms with Crippen LogP contribution in [0.3, 0.4) is 0 Å². The Hall–Kier alpha value is -1.24. The number of hydrogen-bond donors (Lipinski definition) is 1. The van der Waals surface area contributed by atoms with Crippen molar-refractivity contribution < 1.29 is 0 Å². The number of fused-ring (bicyclic) bond motifs is 1. The van der Waals surface area contributed by atoms with Crippen LogP contribution in [-0.2, 0) is 6.42 Å². The summed E-state index contributed by atoms with van der Waals surface area (Å²) in [6, 6.07) is 6.84. The molecule has 102 valence electrons. The number of nitrogens with one attached hydrogen (secondary N) is 1. The number of allylic oxidation sites excluding steroid dienone is 2. The number of anilines is 1. The van der Waals surface area contributed by atoms with Crippen molar-refractivity contribution in [2.45, 2.75) is 40.5 Å². The third-order valence-corrected chi connectivity index (χ3v) is 5.51. The molecule has 3 unspecified atom stereocenters. The van der Waals surface area contributed by atoms with E-state index in [1.165, 1.54) is 29.7 Å². The van der Waals surface area contributed by atoms with Crippen molar-refractivity contribution in [3.05, 3.63) is 34.9 Å². The molecule has 1 nitrogen and oxygen atoms in total. The number of benzene rings is 1. The van der Waals surface area contributed by atoms with Crippen LogP contribution in [0.2, 0.25) is 0 Å². The van der Waals surface area contributed by atoms with Crippen LogP contribution < -0.4 is 5.32 Å². The fraction of sp³-hybridized carbons (Fsp3) is 0.556. The summed E-state index contributed by atoms with van der Waals surface area (Å²) in [5.74, 6) is 2.14. The minimum absolute atomic E-state index is 0.672. The summed E-state index contributed by atoms with van der Waals surface area (Å²) in [6.07, 6.45) is 2.48. The molecule has 2 aliphatic rings. The van der Waals surface area contributed by atoms with Gasteiger partial charge in [-0.3, -0.25) is 0 Å². The highest BCUT2D eigenvalue weighted by atomic mass is 14.9. The highest BCUT2D eigenvalue weighted by Crippen LogP contribution is 2.48. The lowest BCUT2D eigenvalue weighted by Gasteiger charge is -2.24. The van der Waals surface area contributed by atoms with Crippen molar-refractivity contribution in [3.63, 3.8) is 0 Å². The molecule has 0 fully saturated rings. The molecular weight excluding hydrogens is 230 g/mol. The molecule has 1 heteroatoms. The lowest BCUT2D eigenvalue weighted by Crippen LogP contribution is -2.14. The molecule has 1 heterocycles. The average molecular weight is 255 g/mol. The Balaban J connectivity index is 2.13. The molecule has 3 rings (SSSR count). The summed E-state index contributed by atoms with van der Waals surface area (Å²) in [4.78, 5) is 0. The van der Waals surface area contributed by atoms with Crippen LogP contribution >= 0.6 is 0 Å². The topological polar surface area (TPSA) is 12.0 Å². The van der Waals surface area contributed by atoms with Crippen LogP contribution in [0, 0.1) is 17.8 Å². The predicted molar refractivity (Wildman–Crippen MR) is 83.3 cm³/mol. The zero-order chi connectivity index (χ0) is 13.6. The molecule has 19 heavy (non-hydrogen) atoms. The van der Waals surface area contributed by atoms with Gasteiger partial charge < -0.3 is 5.32 Å². The second-order valence-electron chi connectivity index (χ2n) is 6.40. The second-order valence-corrected chi connectivity index (χ2v) is 6.40. The lowest BCUT2D eigenvalue weighted by molar-refractivity contribution is 0.402. The Morgan fingerprint density at radius 2 is 1.89 bits per heavy atom. The minimum atomic E-state index is 0.672.